The van der Waals surface area contributed by atoms with Crippen LogP contribution in [-0.2, 0) is 0 Å². The Morgan fingerprint density at radius 1 is 1.04 bits per heavy atom. The molecule has 1 amide bonds. The third-order valence-corrected chi connectivity index (χ3v) is 4.98. The van der Waals surface area contributed by atoms with Crippen LogP contribution in [0.2, 0.25) is 5.02 Å². The van der Waals surface area contributed by atoms with Crippen molar-refractivity contribution in [3.63, 3.8) is 0 Å². The Bertz CT molecular complexity index is 820. The quantitative estimate of drug-likeness (QED) is 0.414. The summed E-state index contributed by atoms with van der Waals surface area (Å²) < 4.78 is 38.8. The Labute approximate surface area is 170 Å². The second kappa shape index (κ2) is 10.2. The van der Waals surface area contributed by atoms with E-state index in [2.05, 4.69) is 17.9 Å². The number of amides is 1. The molecular formula is C19H19ClF3NO3S. The average molecular weight is 434 g/mol. The molecule has 1 saturated carbocycles. The molecule has 0 spiro atoms. The first-order valence-corrected chi connectivity index (χ1v) is 9.32. The molecular weight excluding hydrogens is 415 g/mol. The molecule has 1 fully saturated rings. The first-order valence-electron chi connectivity index (χ1n) is 8.49. The monoisotopic (exact) mass is 433 g/mol. The average Bonchev–Trinajstić information content (AvgIpc) is 2.65. The van der Waals surface area contributed by atoms with Gasteiger partial charge < -0.3 is 15.5 Å². The molecule has 4 nitrogen and oxygen atoms in total. The minimum Gasteiger partial charge on any atom is -0.390 e. The van der Waals surface area contributed by atoms with Crippen LogP contribution in [0.5, 0.6) is 0 Å². The zero-order chi connectivity index (χ0) is 20.8. The van der Waals surface area contributed by atoms with E-state index in [4.69, 9.17) is 21.8 Å². The van der Waals surface area contributed by atoms with Gasteiger partial charge in [0.15, 0.2) is 17.5 Å². The molecule has 3 rings (SSSR count). The van der Waals surface area contributed by atoms with Gasteiger partial charge in [-0.25, -0.2) is 13.2 Å². The Morgan fingerprint density at radius 3 is 2.04 bits per heavy atom. The first kappa shape index (κ1) is 22.5. The number of hydrogen-bond donors (Lipinski definition) is 4. The van der Waals surface area contributed by atoms with Gasteiger partial charge in [0.25, 0.3) is 5.91 Å². The standard InChI is InChI=1S/C13H7ClF3NOS.C6H12O2/c14-8-2-1-6(3-11(8)20)13(19)18-7-4-9(15)12(17)10(16)5-7;7-5-3-1-2-4-6(5)8/h1-5,20H,(H,18,19);5-8H,1-4H2. The lowest BCUT2D eigenvalue weighted by atomic mass is 9.95. The molecule has 152 valence electrons. The normalized spacial score (nSPS) is 18.8. The fraction of sp³-hybridized carbons (Fsp3) is 0.316. The second-order valence-electron chi connectivity index (χ2n) is 6.29. The summed E-state index contributed by atoms with van der Waals surface area (Å²) in [6.45, 7) is 0. The Morgan fingerprint density at radius 2 is 1.57 bits per heavy atom. The van der Waals surface area contributed by atoms with Gasteiger partial charge >= 0.3 is 0 Å². The number of aliphatic hydroxyl groups is 2. The van der Waals surface area contributed by atoms with Crippen molar-refractivity contribution in [3.05, 3.63) is 58.4 Å². The number of thiol groups is 1. The van der Waals surface area contributed by atoms with Crippen molar-refractivity contribution in [1.29, 1.82) is 0 Å². The molecule has 0 aromatic heterocycles. The summed E-state index contributed by atoms with van der Waals surface area (Å²) in [5.41, 5.74) is 0.00612. The fourth-order valence-electron chi connectivity index (χ4n) is 2.58. The summed E-state index contributed by atoms with van der Waals surface area (Å²) in [6.07, 6.45) is 2.81. The maximum atomic E-state index is 13.0. The largest absolute Gasteiger partial charge is 0.390 e. The molecule has 28 heavy (non-hydrogen) atoms. The molecule has 1 aliphatic rings. The number of carbonyl (C=O) groups is 1. The van der Waals surface area contributed by atoms with E-state index in [0.29, 0.717) is 22.1 Å². The summed E-state index contributed by atoms with van der Waals surface area (Å²) in [6, 6.07) is 5.66. The van der Waals surface area contributed by atoms with Gasteiger partial charge in [-0.2, -0.15) is 0 Å². The van der Waals surface area contributed by atoms with Gasteiger partial charge in [-0.05, 0) is 31.0 Å². The summed E-state index contributed by atoms with van der Waals surface area (Å²) in [5.74, 6) is -4.98. The number of rotatable bonds is 2. The number of carbonyl (C=O) groups excluding carboxylic acids is 1. The van der Waals surface area contributed by atoms with E-state index in [1.165, 1.54) is 18.2 Å². The van der Waals surface area contributed by atoms with Crippen LogP contribution in [0.25, 0.3) is 0 Å². The minimum atomic E-state index is -1.59. The first-order chi connectivity index (χ1) is 13.2. The van der Waals surface area contributed by atoms with Gasteiger partial charge in [-0.3, -0.25) is 4.79 Å². The maximum absolute atomic E-state index is 13.0. The van der Waals surface area contributed by atoms with Crippen LogP contribution in [0.3, 0.4) is 0 Å². The SMILES string of the molecule is O=C(Nc1cc(F)c(F)c(F)c1)c1ccc(Cl)c(S)c1.OC1CCCCC1O. The lowest BCUT2D eigenvalue weighted by Gasteiger charge is -2.22. The predicted molar refractivity (Wildman–Crippen MR) is 103 cm³/mol. The summed E-state index contributed by atoms with van der Waals surface area (Å²) in [7, 11) is 0. The lowest BCUT2D eigenvalue weighted by Crippen LogP contribution is -2.28. The summed E-state index contributed by atoms with van der Waals surface area (Å²) in [5, 5.41) is 20.5. The summed E-state index contributed by atoms with van der Waals surface area (Å²) in [4.78, 5) is 12.2. The highest BCUT2D eigenvalue weighted by atomic mass is 35.5. The molecule has 0 aliphatic heterocycles. The highest BCUT2D eigenvalue weighted by Crippen LogP contribution is 2.22. The van der Waals surface area contributed by atoms with E-state index in [9.17, 15) is 18.0 Å². The van der Waals surface area contributed by atoms with Gasteiger partial charge in [-0.1, -0.05) is 24.4 Å². The topological polar surface area (TPSA) is 69.6 Å². The third-order valence-electron chi connectivity index (χ3n) is 4.14. The fourth-order valence-corrected chi connectivity index (χ4v) is 2.91. The third kappa shape index (κ3) is 6.13. The number of benzene rings is 2. The molecule has 2 aromatic rings. The van der Waals surface area contributed by atoms with Gasteiger partial charge in [0.1, 0.15) is 0 Å². The Balaban J connectivity index is 0.000000292. The van der Waals surface area contributed by atoms with E-state index in [-0.39, 0.29) is 11.3 Å². The number of aliphatic hydroxyl groups excluding tert-OH is 2. The Hall–Kier alpha value is -1.74. The van der Waals surface area contributed by atoms with Crippen molar-refractivity contribution in [1.82, 2.24) is 0 Å². The van der Waals surface area contributed by atoms with Crippen LogP contribution in [0.15, 0.2) is 35.2 Å². The van der Waals surface area contributed by atoms with E-state index in [1.54, 1.807) is 0 Å². The smallest absolute Gasteiger partial charge is 0.255 e. The van der Waals surface area contributed by atoms with E-state index < -0.39 is 35.6 Å². The van der Waals surface area contributed by atoms with Crippen molar-refractivity contribution >= 4 is 35.8 Å². The molecule has 0 bridgehead atoms. The molecule has 3 N–H and O–H groups in total. The highest BCUT2D eigenvalue weighted by molar-refractivity contribution is 7.80. The van der Waals surface area contributed by atoms with Crippen molar-refractivity contribution in [2.75, 3.05) is 5.32 Å². The van der Waals surface area contributed by atoms with Gasteiger partial charge in [0.05, 0.1) is 17.2 Å². The van der Waals surface area contributed by atoms with Crippen LogP contribution in [0.4, 0.5) is 18.9 Å². The molecule has 1 aliphatic carbocycles. The molecule has 9 heteroatoms. The minimum absolute atomic E-state index is 0.193. The zero-order valence-electron chi connectivity index (χ0n) is 14.6. The van der Waals surface area contributed by atoms with Crippen LogP contribution in [0, 0.1) is 17.5 Å². The van der Waals surface area contributed by atoms with Gasteiger partial charge in [0, 0.05) is 28.3 Å². The maximum Gasteiger partial charge on any atom is 0.255 e. The molecule has 0 saturated heterocycles. The lowest BCUT2D eigenvalue weighted by molar-refractivity contribution is -0.00865. The van der Waals surface area contributed by atoms with Crippen molar-refractivity contribution < 1.29 is 28.2 Å². The van der Waals surface area contributed by atoms with E-state index >= 15 is 0 Å². The van der Waals surface area contributed by atoms with Crippen LogP contribution >= 0.6 is 24.2 Å². The zero-order valence-corrected chi connectivity index (χ0v) is 16.3. The van der Waals surface area contributed by atoms with Crippen molar-refractivity contribution in [3.8, 4) is 0 Å². The number of anilines is 1. The van der Waals surface area contributed by atoms with Crippen LogP contribution in [0.1, 0.15) is 36.0 Å². The Kier molecular flexibility index (Phi) is 8.18. The molecule has 2 atom stereocenters. The van der Waals surface area contributed by atoms with Crippen LogP contribution in [-0.4, -0.2) is 28.3 Å². The number of nitrogens with one attached hydrogen (secondary N) is 1. The van der Waals surface area contributed by atoms with Gasteiger partial charge in [0.2, 0.25) is 0 Å². The predicted octanol–water partition coefficient (Wildman–Crippen LogP) is 4.58. The second-order valence-corrected chi connectivity index (χ2v) is 7.18. The number of hydrogen-bond acceptors (Lipinski definition) is 4. The highest BCUT2D eigenvalue weighted by Gasteiger charge is 2.19. The summed E-state index contributed by atoms with van der Waals surface area (Å²) >= 11 is 9.81. The van der Waals surface area contributed by atoms with Gasteiger partial charge in [-0.15, -0.1) is 12.6 Å². The van der Waals surface area contributed by atoms with E-state index in [0.717, 1.165) is 25.7 Å². The molecule has 0 radical (unpaired) electrons. The van der Waals surface area contributed by atoms with Crippen molar-refractivity contribution in [2.24, 2.45) is 0 Å². The van der Waals surface area contributed by atoms with Crippen molar-refractivity contribution in [2.45, 2.75) is 42.8 Å². The molecule has 2 aromatic carbocycles. The molecule has 0 heterocycles. The molecule has 2 unspecified atom stereocenters. The van der Waals surface area contributed by atoms with E-state index in [1.807, 2.05) is 0 Å². The van der Waals surface area contributed by atoms with Crippen LogP contribution < -0.4 is 5.32 Å². The number of halogens is 4.